The molecular weight excluding hydrogens is 360 g/mol. The average Bonchev–Trinajstić information content (AvgIpc) is 2.60. The molecule has 2 saturated heterocycles. The van der Waals surface area contributed by atoms with E-state index in [1.54, 1.807) is 0 Å². The van der Waals surface area contributed by atoms with Crippen molar-refractivity contribution < 1.29 is 59.5 Å². The summed E-state index contributed by atoms with van der Waals surface area (Å²) in [5.41, 5.74) is 0. The van der Waals surface area contributed by atoms with Crippen molar-refractivity contribution in [2.24, 2.45) is 0 Å². The molecule has 2 fully saturated rings. The molecule has 0 radical (unpaired) electrons. The number of carbonyl (C=O) groups excluding carboxylic acids is 1. The fraction of sp³-hybridized carbons (Fsp3) is 0.929. The van der Waals surface area contributed by atoms with Crippen LogP contribution < -0.4 is 0 Å². The molecule has 152 valence electrons. The van der Waals surface area contributed by atoms with E-state index >= 15 is 0 Å². The summed E-state index contributed by atoms with van der Waals surface area (Å²) >= 11 is 0. The van der Waals surface area contributed by atoms with Crippen molar-refractivity contribution in [3.63, 3.8) is 0 Å². The highest BCUT2D eigenvalue weighted by atomic mass is 16.7. The van der Waals surface area contributed by atoms with Gasteiger partial charge in [0.05, 0.1) is 13.2 Å². The summed E-state index contributed by atoms with van der Waals surface area (Å²) in [4.78, 5) is 11.3. The first-order chi connectivity index (χ1) is 12.2. The number of esters is 1. The van der Waals surface area contributed by atoms with Gasteiger partial charge in [-0.3, -0.25) is 4.79 Å². The van der Waals surface area contributed by atoms with E-state index < -0.39 is 80.6 Å². The molecule has 0 aromatic rings. The predicted molar refractivity (Wildman–Crippen MR) is 78.2 cm³/mol. The lowest BCUT2D eigenvalue weighted by molar-refractivity contribution is -0.355. The maximum absolute atomic E-state index is 11.3. The topological polar surface area (TPSA) is 196 Å². The molecule has 0 spiro atoms. The predicted octanol–water partition coefficient (Wildman–Crippen LogP) is -4.83. The Morgan fingerprint density at radius 2 is 1.42 bits per heavy atom. The molecule has 0 saturated carbocycles. The summed E-state index contributed by atoms with van der Waals surface area (Å²) in [5, 5.41) is 68.0. The number of ether oxygens (including phenoxy) is 4. The fourth-order valence-corrected chi connectivity index (χ4v) is 2.87. The maximum atomic E-state index is 11.3. The summed E-state index contributed by atoms with van der Waals surface area (Å²) < 4.78 is 20.6. The Balaban J connectivity index is 2.22. The smallest absolute Gasteiger partial charge is 0.303 e. The number of aliphatic hydroxyl groups excluding tert-OH is 7. The van der Waals surface area contributed by atoms with Gasteiger partial charge < -0.3 is 54.7 Å². The maximum Gasteiger partial charge on any atom is 0.303 e. The second kappa shape index (κ2) is 8.84. The van der Waals surface area contributed by atoms with Crippen LogP contribution in [-0.2, 0) is 23.7 Å². The molecule has 2 heterocycles. The van der Waals surface area contributed by atoms with Crippen molar-refractivity contribution in [2.45, 2.75) is 68.3 Å². The number of hydrogen-bond acceptors (Lipinski definition) is 12. The number of carbonyl (C=O) groups is 1. The van der Waals surface area contributed by atoms with Gasteiger partial charge in [0, 0.05) is 6.92 Å². The van der Waals surface area contributed by atoms with E-state index in [0.717, 1.165) is 6.92 Å². The molecular formula is C14H24O12. The molecule has 7 N–H and O–H groups in total. The Morgan fingerprint density at radius 3 is 1.96 bits per heavy atom. The van der Waals surface area contributed by atoms with Crippen molar-refractivity contribution in [3.05, 3.63) is 0 Å². The zero-order valence-corrected chi connectivity index (χ0v) is 13.9. The van der Waals surface area contributed by atoms with Gasteiger partial charge in [-0.25, -0.2) is 0 Å². The summed E-state index contributed by atoms with van der Waals surface area (Å²) in [7, 11) is 0. The van der Waals surface area contributed by atoms with Crippen molar-refractivity contribution >= 4 is 5.97 Å². The molecule has 0 amide bonds. The van der Waals surface area contributed by atoms with Crippen LogP contribution in [0.4, 0.5) is 0 Å². The highest BCUT2D eigenvalue weighted by molar-refractivity contribution is 5.66. The molecule has 2 rings (SSSR count). The van der Waals surface area contributed by atoms with Gasteiger partial charge in [-0.1, -0.05) is 0 Å². The Labute approximate surface area is 148 Å². The van der Waals surface area contributed by atoms with Gasteiger partial charge in [-0.05, 0) is 0 Å². The summed E-state index contributed by atoms with van der Waals surface area (Å²) in [6, 6.07) is 0. The van der Waals surface area contributed by atoms with E-state index in [9.17, 15) is 40.5 Å². The second-order valence-corrected chi connectivity index (χ2v) is 6.11. The standard InChI is InChI=1S/C14H24O12/c1-4(17)23-12-8(19)7(18)5(2-15)25-14(12)26-11-6(3-16)24-13(22)10(21)9(11)20/h5-16,18-22H,2-3H2,1H3/t5-,6-,7-,8+,9-,10-,11-,12-,13-,14+/m1/s1. The second-order valence-electron chi connectivity index (χ2n) is 6.11. The normalized spacial score (nSPS) is 46.8. The van der Waals surface area contributed by atoms with Crippen LogP contribution in [0.25, 0.3) is 0 Å². The zero-order valence-electron chi connectivity index (χ0n) is 13.9. The third kappa shape index (κ3) is 4.31. The third-order valence-corrected chi connectivity index (χ3v) is 4.26. The molecule has 12 heteroatoms. The highest BCUT2D eigenvalue weighted by Gasteiger charge is 2.51. The molecule has 0 bridgehead atoms. The van der Waals surface area contributed by atoms with E-state index in [1.807, 2.05) is 0 Å². The summed E-state index contributed by atoms with van der Waals surface area (Å²) in [6.07, 6.45) is -15.6. The molecule has 0 aromatic heterocycles. The van der Waals surface area contributed by atoms with Crippen LogP contribution in [-0.4, -0.2) is 116 Å². The van der Waals surface area contributed by atoms with Crippen LogP contribution in [0.2, 0.25) is 0 Å². The highest BCUT2D eigenvalue weighted by Crippen LogP contribution is 2.29. The van der Waals surface area contributed by atoms with Gasteiger partial charge in [0.15, 0.2) is 18.7 Å². The first-order valence-corrected chi connectivity index (χ1v) is 7.96. The summed E-state index contributed by atoms with van der Waals surface area (Å²) in [5.74, 6) is -0.824. The number of rotatable bonds is 5. The van der Waals surface area contributed by atoms with Gasteiger partial charge in [0.25, 0.3) is 0 Å². The first kappa shape index (κ1) is 21.4. The van der Waals surface area contributed by atoms with E-state index in [-0.39, 0.29) is 0 Å². The van der Waals surface area contributed by atoms with Crippen molar-refractivity contribution in [3.8, 4) is 0 Å². The van der Waals surface area contributed by atoms with Gasteiger partial charge in [-0.15, -0.1) is 0 Å². The Morgan fingerprint density at radius 1 is 0.846 bits per heavy atom. The minimum atomic E-state index is -1.77. The average molecular weight is 384 g/mol. The van der Waals surface area contributed by atoms with Gasteiger partial charge in [0.1, 0.15) is 42.7 Å². The van der Waals surface area contributed by atoms with Crippen LogP contribution in [0.3, 0.4) is 0 Å². The SMILES string of the molecule is CC(=O)O[C@H]1[C@H](O[C@H]2[C@H](O)[C@@H](O)[C@H](O)O[C@@H]2CO)O[C@H](CO)[C@@H](O)[C@@H]1O. The molecule has 2 aliphatic heterocycles. The summed E-state index contributed by atoms with van der Waals surface area (Å²) in [6.45, 7) is -0.353. The molecule has 26 heavy (non-hydrogen) atoms. The first-order valence-electron chi connectivity index (χ1n) is 7.96. The van der Waals surface area contributed by atoms with Gasteiger partial charge in [0.2, 0.25) is 0 Å². The monoisotopic (exact) mass is 384 g/mol. The lowest BCUT2D eigenvalue weighted by Gasteiger charge is -2.45. The van der Waals surface area contributed by atoms with Crippen molar-refractivity contribution in [2.75, 3.05) is 13.2 Å². The van der Waals surface area contributed by atoms with Crippen LogP contribution >= 0.6 is 0 Å². The molecule has 0 unspecified atom stereocenters. The number of aliphatic hydroxyl groups is 7. The van der Waals surface area contributed by atoms with E-state index in [1.165, 1.54) is 0 Å². The molecule has 0 aliphatic carbocycles. The van der Waals surface area contributed by atoms with Crippen LogP contribution in [0.5, 0.6) is 0 Å². The van der Waals surface area contributed by atoms with E-state index in [0.29, 0.717) is 0 Å². The van der Waals surface area contributed by atoms with E-state index in [2.05, 4.69) is 0 Å². The lowest BCUT2D eigenvalue weighted by Crippen LogP contribution is -2.65. The molecule has 12 nitrogen and oxygen atoms in total. The molecule has 0 aromatic carbocycles. The lowest BCUT2D eigenvalue weighted by atomic mass is 9.97. The Bertz CT molecular complexity index is 473. The Hall–Kier alpha value is -0.930. The van der Waals surface area contributed by atoms with Crippen LogP contribution in [0.1, 0.15) is 6.92 Å². The van der Waals surface area contributed by atoms with Crippen molar-refractivity contribution in [1.29, 1.82) is 0 Å². The van der Waals surface area contributed by atoms with Crippen molar-refractivity contribution in [1.82, 2.24) is 0 Å². The fourth-order valence-electron chi connectivity index (χ4n) is 2.87. The quantitative estimate of drug-likeness (QED) is 0.224. The minimum Gasteiger partial charge on any atom is -0.454 e. The van der Waals surface area contributed by atoms with Crippen LogP contribution in [0, 0.1) is 0 Å². The zero-order chi connectivity index (χ0) is 19.6. The van der Waals surface area contributed by atoms with Crippen LogP contribution in [0.15, 0.2) is 0 Å². The number of hydrogen-bond donors (Lipinski definition) is 7. The Kier molecular flexibility index (Phi) is 7.27. The third-order valence-electron chi connectivity index (χ3n) is 4.26. The van der Waals surface area contributed by atoms with E-state index in [4.69, 9.17) is 18.9 Å². The largest absolute Gasteiger partial charge is 0.454 e. The van der Waals surface area contributed by atoms with Gasteiger partial charge in [-0.2, -0.15) is 0 Å². The molecule has 10 atom stereocenters. The minimum absolute atomic E-state index is 0.695. The van der Waals surface area contributed by atoms with Gasteiger partial charge >= 0.3 is 5.97 Å². The molecule has 2 aliphatic rings.